The molecule has 0 bridgehead atoms. The Labute approximate surface area is 185 Å². The van der Waals surface area contributed by atoms with Crippen LogP contribution in [0.1, 0.15) is 18.5 Å². The van der Waals surface area contributed by atoms with Gasteiger partial charge in [0, 0.05) is 18.1 Å². The summed E-state index contributed by atoms with van der Waals surface area (Å²) in [6.07, 6.45) is 1.61. The normalized spacial score (nSPS) is 12.0. The molecule has 0 aliphatic carbocycles. The maximum Gasteiger partial charge on any atom is 0.161 e. The van der Waals surface area contributed by atoms with Gasteiger partial charge in [0.1, 0.15) is 23.6 Å². The number of hydrogen-bond donors (Lipinski definition) is 1. The van der Waals surface area contributed by atoms with Crippen molar-refractivity contribution in [1.82, 2.24) is 9.97 Å². The molecule has 0 fully saturated rings. The van der Waals surface area contributed by atoms with Crippen LogP contribution in [0, 0.1) is 0 Å². The zero-order valence-electron chi connectivity index (χ0n) is 17.8. The maximum absolute atomic E-state index is 5.74. The number of benzene rings is 2. The first-order chi connectivity index (χ1) is 15.2. The summed E-state index contributed by atoms with van der Waals surface area (Å²) in [6.45, 7) is 3.10. The molecule has 2 aromatic carbocycles. The molecule has 0 aliphatic heterocycles. The van der Waals surface area contributed by atoms with Gasteiger partial charge < -0.3 is 19.5 Å². The third kappa shape index (κ3) is 4.62. The summed E-state index contributed by atoms with van der Waals surface area (Å²) in [7, 11) is 3.30. The van der Waals surface area contributed by atoms with Crippen molar-refractivity contribution < 1.29 is 14.2 Å². The smallest absolute Gasteiger partial charge is 0.161 e. The Bertz CT molecular complexity index is 1150. The van der Waals surface area contributed by atoms with E-state index in [0.717, 1.165) is 32.7 Å². The van der Waals surface area contributed by atoms with Crippen LogP contribution < -0.4 is 14.8 Å². The van der Waals surface area contributed by atoms with E-state index in [-0.39, 0.29) is 6.04 Å². The molecule has 4 rings (SSSR count). The first-order valence-electron chi connectivity index (χ1n) is 10.0. The predicted molar refractivity (Wildman–Crippen MR) is 125 cm³/mol. The van der Waals surface area contributed by atoms with E-state index in [1.807, 2.05) is 36.4 Å². The van der Waals surface area contributed by atoms with Gasteiger partial charge in [0.25, 0.3) is 0 Å². The molecular formula is C24H25N3O3S. The molecule has 31 heavy (non-hydrogen) atoms. The second-order valence-electron chi connectivity index (χ2n) is 7.04. The summed E-state index contributed by atoms with van der Waals surface area (Å²) in [5.74, 6) is 2.21. The number of anilines is 1. The highest BCUT2D eigenvalue weighted by atomic mass is 32.1. The molecule has 0 spiro atoms. The summed E-state index contributed by atoms with van der Waals surface area (Å²) < 4.78 is 16.3. The molecule has 0 saturated carbocycles. The topological polar surface area (TPSA) is 65.5 Å². The number of rotatable bonds is 9. The van der Waals surface area contributed by atoms with Crippen molar-refractivity contribution in [2.75, 3.05) is 32.8 Å². The van der Waals surface area contributed by atoms with E-state index in [4.69, 9.17) is 14.2 Å². The number of thiophene rings is 1. The Morgan fingerprint density at radius 2 is 1.84 bits per heavy atom. The Kier molecular flexibility index (Phi) is 6.64. The van der Waals surface area contributed by atoms with Crippen molar-refractivity contribution >= 4 is 27.4 Å². The fourth-order valence-corrected chi connectivity index (χ4v) is 4.33. The van der Waals surface area contributed by atoms with Crippen LogP contribution in [0.5, 0.6) is 11.5 Å². The van der Waals surface area contributed by atoms with E-state index in [2.05, 4.69) is 39.7 Å². The average molecular weight is 436 g/mol. The van der Waals surface area contributed by atoms with Crippen molar-refractivity contribution in [2.45, 2.75) is 13.0 Å². The number of methoxy groups -OCH3 is 2. The van der Waals surface area contributed by atoms with Gasteiger partial charge in [0.15, 0.2) is 11.5 Å². The lowest BCUT2D eigenvalue weighted by molar-refractivity contribution is 0.144. The Morgan fingerprint density at radius 1 is 1.00 bits per heavy atom. The summed E-state index contributed by atoms with van der Waals surface area (Å²) in [6, 6.07) is 16.3. The van der Waals surface area contributed by atoms with Crippen LogP contribution in [0.4, 0.5) is 5.82 Å². The van der Waals surface area contributed by atoms with Crippen LogP contribution in [0.2, 0.25) is 0 Å². The highest BCUT2D eigenvalue weighted by Gasteiger charge is 2.16. The number of fused-ring (bicyclic) bond motifs is 1. The molecule has 1 atom stereocenters. The molecule has 0 amide bonds. The second-order valence-corrected chi connectivity index (χ2v) is 7.89. The van der Waals surface area contributed by atoms with Crippen molar-refractivity contribution in [1.29, 1.82) is 0 Å². The molecule has 1 unspecified atom stereocenters. The van der Waals surface area contributed by atoms with E-state index < -0.39 is 0 Å². The van der Waals surface area contributed by atoms with E-state index in [1.54, 1.807) is 31.9 Å². The van der Waals surface area contributed by atoms with Gasteiger partial charge in [-0.15, -0.1) is 11.3 Å². The van der Waals surface area contributed by atoms with Gasteiger partial charge in [-0.3, -0.25) is 0 Å². The van der Waals surface area contributed by atoms with Gasteiger partial charge in [-0.05, 0) is 30.2 Å². The number of nitrogens with zero attached hydrogens (tertiary/aromatic N) is 2. The van der Waals surface area contributed by atoms with E-state index in [1.165, 1.54) is 0 Å². The summed E-state index contributed by atoms with van der Waals surface area (Å²) in [4.78, 5) is 9.98. The minimum atomic E-state index is 0.00329. The molecule has 1 N–H and O–H groups in total. The first kappa shape index (κ1) is 21.1. The molecule has 6 nitrogen and oxygen atoms in total. The van der Waals surface area contributed by atoms with Crippen LogP contribution in [0.3, 0.4) is 0 Å². The third-order valence-corrected chi connectivity index (χ3v) is 5.93. The highest BCUT2D eigenvalue weighted by Crippen LogP contribution is 2.38. The molecule has 2 aromatic heterocycles. The molecule has 4 aromatic rings. The zero-order valence-corrected chi connectivity index (χ0v) is 18.6. The first-order valence-corrected chi connectivity index (χ1v) is 10.9. The Morgan fingerprint density at radius 3 is 2.61 bits per heavy atom. The van der Waals surface area contributed by atoms with Crippen molar-refractivity contribution in [3.8, 4) is 22.6 Å². The van der Waals surface area contributed by atoms with Crippen LogP contribution in [0.15, 0.2) is 60.2 Å². The number of ether oxygens (including phenoxy) is 3. The predicted octanol–water partition coefficient (Wildman–Crippen LogP) is 5.57. The van der Waals surface area contributed by atoms with Crippen molar-refractivity contribution in [3.63, 3.8) is 0 Å². The van der Waals surface area contributed by atoms with Crippen LogP contribution in [-0.4, -0.2) is 37.4 Å². The molecule has 0 radical (unpaired) electrons. The molecule has 160 valence electrons. The fourth-order valence-electron chi connectivity index (χ4n) is 3.41. The molecule has 2 heterocycles. The number of aromatic nitrogens is 2. The molecular weight excluding hydrogens is 410 g/mol. The van der Waals surface area contributed by atoms with Gasteiger partial charge in [-0.1, -0.05) is 36.4 Å². The van der Waals surface area contributed by atoms with Crippen LogP contribution in [-0.2, 0) is 4.74 Å². The van der Waals surface area contributed by atoms with Crippen molar-refractivity contribution in [3.05, 3.63) is 65.8 Å². The largest absolute Gasteiger partial charge is 0.493 e. The summed E-state index contributed by atoms with van der Waals surface area (Å²) in [5.41, 5.74) is 3.35. The highest BCUT2D eigenvalue weighted by molar-refractivity contribution is 7.17. The SMILES string of the molecule is COCCOc1ccc(C(C)Nc2ncnc3scc(-c4ccccc4)c23)cc1OC. The van der Waals surface area contributed by atoms with Crippen LogP contribution >= 0.6 is 11.3 Å². The third-order valence-electron chi connectivity index (χ3n) is 5.04. The fraction of sp³-hybridized carbons (Fsp3) is 0.250. The van der Waals surface area contributed by atoms with Gasteiger partial charge in [0.2, 0.25) is 0 Å². The van der Waals surface area contributed by atoms with Gasteiger partial charge in [0.05, 0.1) is 25.1 Å². The maximum atomic E-state index is 5.74. The Hall–Kier alpha value is -3.16. The second kappa shape index (κ2) is 9.76. The van der Waals surface area contributed by atoms with Gasteiger partial charge in [-0.2, -0.15) is 0 Å². The van der Waals surface area contributed by atoms with Gasteiger partial charge >= 0.3 is 0 Å². The lowest BCUT2D eigenvalue weighted by Gasteiger charge is -2.18. The summed E-state index contributed by atoms with van der Waals surface area (Å²) >= 11 is 1.63. The number of hydrogen-bond acceptors (Lipinski definition) is 7. The summed E-state index contributed by atoms with van der Waals surface area (Å²) in [5, 5.41) is 6.74. The number of nitrogens with one attached hydrogen (secondary N) is 1. The monoisotopic (exact) mass is 435 g/mol. The Balaban J connectivity index is 1.61. The average Bonchev–Trinajstić information content (AvgIpc) is 3.25. The van der Waals surface area contributed by atoms with E-state index >= 15 is 0 Å². The van der Waals surface area contributed by atoms with E-state index in [0.29, 0.717) is 24.7 Å². The minimum Gasteiger partial charge on any atom is -0.493 e. The lowest BCUT2D eigenvalue weighted by Crippen LogP contribution is -2.10. The standard InChI is InChI=1S/C24H25N3O3S/c1-16(18-9-10-20(21(13-18)29-3)30-12-11-28-2)27-23-22-19(17-7-5-4-6-8-17)14-31-24(22)26-15-25-23/h4-10,13-16H,11-12H2,1-3H3,(H,25,26,27). The lowest BCUT2D eigenvalue weighted by atomic mass is 10.0. The van der Waals surface area contributed by atoms with Gasteiger partial charge in [-0.25, -0.2) is 9.97 Å². The zero-order chi connectivity index (χ0) is 21.6. The molecule has 7 heteroatoms. The molecule has 0 saturated heterocycles. The molecule has 0 aliphatic rings. The quantitative estimate of drug-likeness (QED) is 0.347. The van der Waals surface area contributed by atoms with Crippen LogP contribution in [0.25, 0.3) is 21.3 Å². The van der Waals surface area contributed by atoms with E-state index in [9.17, 15) is 0 Å². The van der Waals surface area contributed by atoms with Crippen molar-refractivity contribution in [2.24, 2.45) is 0 Å². The minimum absolute atomic E-state index is 0.00329.